The molecule has 6 heteroatoms. The third-order valence-corrected chi connectivity index (χ3v) is 7.88. The second-order valence-electron chi connectivity index (χ2n) is 10.1. The summed E-state index contributed by atoms with van der Waals surface area (Å²) in [6.07, 6.45) is 8.46. The number of hydrogen-bond acceptors (Lipinski definition) is 5. The summed E-state index contributed by atoms with van der Waals surface area (Å²) in [5.41, 5.74) is 4.21. The van der Waals surface area contributed by atoms with E-state index in [1.54, 1.807) is 13.3 Å². The Morgan fingerprint density at radius 1 is 1.21 bits per heavy atom. The molecule has 1 N–H and O–H groups in total. The van der Waals surface area contributed by atoms with Crippen molar-refractivity contribution in [2.24, 2.45) is 11.8 Å². The Hall–Kier alpha value is -2.44. The van der Waals surface area contributed by atoms with E-state index in [0.717, 1.165) is 60.9 Å². The topological polar surface area (TPSA) is 57.7 Å². The molecule has 2 heterocycles. The van der Waals surface area contributed by atoms with Crippen LogP contribution in [0.3, 0.4) is 0 Å². The van der Waals surface area contributed by atoms with Crippen LogP contribution in [-0.2, 0) is 22.6 Å². The first-order valence-electron chi connectivity index (χ1n) is 12.4. The highest BCUT2D eigenvalue weighted by atomic mass is 16.5. The Kier molecular flexibility index (Phi) is 6.39. The molecule has 1 unspecified atom stereocenters. The van der Waals surface area contributed by atoms with E-state index in [4.69, 9.17) is 4.74 Å². The lowest BCUT2D eigenvalue weighted by Crippen LogP contribution is -2.38. The average Bonchev–Trinajstić information content (AvgIpc) is 3.70. The zero-order valence-corrected chi connectivity index (χ0v) is 20.1. The lowest BCUT2D eigenvalue weighted by Gasteiger charge is -2.32. The highest BCUT2D eigenvalue weighted by Gasteiger charge is 2.33. The fourth-order valence-corrected chi connectivity index (χ4v) is 5.40. The van der Waals surface area contributed by atoms with Crippen molar-refractivity contribution in [3.05, 3.63) is 47.7 Å². The quantitative estimate of drug-likeness (QED) is 0.666. The summed E-state index contributed by atoms with van der Waals surface area (Å²) in [7, 11) is 3.99. The number of carbonyl (C=O) groups is 1. The third-order valence-electron chi connectivity index (χ3n) is 7.88. The van der Waals surface area contributed by atoms with Gasteiger partial charge in [-0.1, -0.05) is 12.1 Å². The molecular formula is C27H36N4O2. The van der Waals surface area contributed by atoms with Crippen LogP contribution in [-0.4, -0.2) is 42.1 Å². The van der Waals surface area contributed by atoms with Gasteiger partial charge in [0, 0.05) is 37.4 Å². The minimum absolute atomic E-state index is 0.0451. The van der Waals surface area contributed by atoms with Gasteiger partial charge in [0.2, 0.25) is 5.91 Å². The molecule has 2 aromatic rings. The molecule has 33 heavy (non-hydrogen) atoms. The van der Waals surface area contributed by atoms with E-state index in [1.807, 2.05) is 11.0 Å². The van der Waals surface area contributed by atoms with E-state index < -0.39 is 0 Å². The molecule has 1 aromatic heterocycles. The number of amides is 1. The number of methoxy groups -OCH3 is 1. The third kappa shape index (κ3) is 4.78. The van der Waals surface area contributed by atoms with E-state index in [1.165, 1.54) is 18.4 Å². The summed E-state index contributed by atoms with van der Waals surface area (Å²) >= 11 is 0. The molecule has 1 aliphatic heterocycles. The molecule has 2 fully saturated rings. The second-order valence-corrected chi connectivity index (χ2v) is 10.1. The zero-order chi connectivity index (χ0) is 22.9. The van der Waals surface area contributed by atoms with E-state index >= 15 is 0 Å². The number of hydrogen-bond donors (Lipinski definition) is 1. The minimum atomic E-state index is 0.0451. The van der Waals surface area contributed by atoms with Crippen molar-refractivity contribution < 1.29 is 9.53 Å². The molecule has 2 aliphatic carbocycles. The monoisotopic (exact) mass is 448 g/mol. The summed E-state index contributed by atoms with van der Waals surface area (Å²) in [6, 6.07) is 11.1. The van der Waals surface area contributed by atoms with E-state index in [-0.39, 0.29) is 17.9 Å². The molecule has 2 saturated carbocycles. The number of ether oxygens (including phenoxy) is 1. The number of nitrogens with one attached hydrogen (secondary N) is 1. The van der Waals surface area contributed by atoms with Crippen LogP contribution in [0.25, 0.3) is 0 Å². The lowest BCUT2D eigenvalue weighted by molar-refractivity contribution is -0.124. The Morgan fingerprint density at radius 3 is 2.73 bits per heavy atom. The number of carbonyl (C=O) groups excluding carboxylic acids is 1. The summed E-state index contributed by atoms with van der Waals surface area (Å²) in [6.45, 7) is 3.76. The van der Waals surface area contributed by atoms with E-state index in [2.05, 4.69) is 53.4 Å². The molecule has 3 aliphatic rings. The lowest BCUT2D eigenvalue weighted by atomic mass is 9.86. The molecule has 0 saturated heterocycles. The smallest absolute Gasteiger partial charge is 0.230 e. The zero-order valence-electron chi connectivity index (χ0n) is 20.1. The molecule has 0 spiro atoms. The maximum atomic E-state index is 13.8. The first-order chi connectivity index (χ1) is 16.0. The van der Waals surface area contributed by atoms with Crippen molar-refractivity contribution >= 4 is 23.1 Å². The number of fused-ring (bicyclic) bond motifs is 2. The van der Waals surface area contributed by atoms with Gasteiger partial charge in [-0.25, -0.2) is 4.98 Å². The van der Waals surface area contributed by atoms with Gasteiger partial charge in [-0.2, -0.15) is 0 Å². The van der Waals surface area contributed by atoms with Crippen LogP contribution >= 0.6 is 0 Å². The normalized spacial score (nSPS) is 23.3. The van der Waals surface area contributed by atoms with Crippen LogP contribution in [0.5, 0.6) is 0 Å². The van der Waals surface area contributed by atoms with E-state index in [0.29, 0.717) is 12.6 Å². The fourth-order valence-electron chi connectivity index (χ4n) is 5.40. The van der Waals surface area contributed by atoms with Crippen molar-refractivity contribution in [2.75, 3.05) is 24.4 Å². The molecule has 6 nitrogen and oxygen atoms in total. The van der Waals surface area contributed by atoms with Crippen LogP contribution in [0.1, 0.15) is 56.6 Å². The number of anilines is 3. The van der Waals surface area contributed by atoms with Gasteiger partial charge in [0.25, 0.3) is 0 Å². The number of pyridine rings is 1. The van der Waals surface area contributed by atoms with Crippen LogP contribution < -0.4 is 10.2 Å². The Labute approximate surface area is 197 Å². The minimum Gasteiger partial charge on any atom is -0.381 e. The van der Waals surface area contributed by atoms with Gasteiger partial charge in [-0.3, -0.25) is 9.69 Å². The second kappa shape index (κ2) is 9.43. The van der Waals surface area contributed by atoms with Crippen molar-refractivity contribution in [1.29, 1.82) is 0 Å². The average molecular weight is 449 g/mol. The van der Waals surface area contributed by atoms with Crippen LogP contribution in [0.15, 0.2) is 36.5 Å². The van der Waals surface area contributed by atoms with Gasteiger partial charge in [-0.15, -0.1) is 0 Å². The SMILES string of the molecule is CO[C@H]1CC[C@H](C(=O)N2Cc3cccnc3Nc3ccc(CN(C)C(C)C4CC4)cc32)CC1. The Bertz CT molecular complexity index is 997. The number of nitrogens with zero attached hydrogens (tertiary/aromatic N) is 3. The van der Waals surface area contributed by atoms with Crippen molar-refractivity contribution in [2.45, 2.75) is 70.7 Å². The van der Waals surface area contributed by atoms with Crippen molar-refractivity contribution in [1.82, 2.24) is 9.88 Å². The largest absolute Gasteiger partial charge is 0.381 e. The Balaban J connectivity index is 1.44. The highest BCUT2D eigenvalue weighted by molar-refractivity contribution is 5.99. The maximum absolute atomic E-state index is 13.8. The molecule has 176 valence electrons. The van der Waals surface area contributed by atoms with Crippen molar-refractivity contribution in [3.8, 4) is 0 Å². The molecule has 1 amide bonds. The van der Waals surface area contributed by atoms with Crippen LogP contribution in [0.2, 0.25) is 0 Å². The predicted molar refractivity (Wildman–Crippen MR) is 132 cm³/mol. The summed E-state index contributed by atoms with van der Waals surface area (Å²) < 4.78 is 5.53. The highest BCUT2D eigenvalue weighted by Crippen LogP contribution is 2.39. The van der Waals surface area contributed by atoms with Gasteiger partial charge in [0.1, 0.15) is 5.82 Å². The fraction of sp³-hybridized carbons (Fsp3) is 0.556. The Morgan fingerprint density at radius 2 is 2.00 bits per heavy atom. The molecular weight excluding hydrogens is 412 g/mol. The van der Waals surface area contributed by atoms with Crippen molar-refractivity contribution in [3.63, 3.8) is 0 Å². The summed E-state index contributed by atoms with van der Waals surface area (Å²) in [5, 5.41) is 3.50. The van der Waals surface area contributed by atoms with Gasteiger partial charge in [-0.05, 0) is 82.2 Å². The van der Waals surface area contributed by atoms with Gasteiger partial charge < -0.3 is 15.0 Å². The van der Waals surface area contributed by atoms with Crippen LogP contribution in [0, 0.1) is 11.8 Å². The number of rotatable bonds is 6. The van der Waals surface area contributed by atoms with Gasteiger partial charge >= 0.3 is 0 Å². The van der Waals surface area contributed by atoms with Gasteiger partial charge in [0.15, 0.2) is 0 Å². The first kappa shape index (κ1) is 22.4. The van der Waals surface area contributed by atoms with E-state index in [9.17, 15) is 4.79 Å². The first-order valence-corrected chi connectivity index (χ1v) is 12.4. The summed E-state index contributed by atoms with van der Waals surface area (Å²) in [4.78, 5) is 22.8. The summed E-state index contributed by atoms with van der Waals surface area (Å²) in [5.74, 6) is 1.94. The predicted octanol–water partition coefficient (Wildman–Crippen LogP) is 5.11. The molecule has 1 atom stereocenters. The maximum Gasteiger partial charge on any atom is 0.230 e. The molecule has 1 aromatic carbocycles. The molecule has 0 radical (unpaired) electrons. The number of aromatic nitrogens is 1. The molecule has 0 bridgehead atoms. The standard InChI is InChI=1S/C27H36N4O2/c1-18(20-7-8-20)30(2)16-19-6-13-24-25(15-19)31(17-22-5-4-14-28-26(22)29-24)27(32)21-9-11-23(33-3)12-10-21/h4-6,13-15,18,20-21,23H,7-12,16-17H2,1-3H3,(H,28,29)/t18?,21-,23-. The number of benzene rings is 1. The van der Waals surface area contributed by atoms with Gasteiger partial charge in [0.05, 0.1) is 24.0 Å². The van der Waals surface area contributed by atoms with Crippen LogP contribution in [0.4, 0.5) is 17.2 Å². The molecule has 5 rings (SSSR count).